The number of nitrogens with zero attached hydrogens (tertiary/aromatic N) is 4. The molecule has 1 aromatic carbocycles. The molecule has 0 aliphatic heterocycles. The molecule has 5 nitrogen and oxygen atoms in total. The number of thiophene rings is 1. The van der Waals surface area contributed by atoms with Crippen LogP contribution in [0.5, 0.6) is 0 Å². The molecule has 0 N–H and O–H groups in total. The van der Waals surface area contributed by atoms with Crippen molar-refractivity contribution < 1.29 is 0 Å². The molecule has 0 aliphatic rings. The van der Waals surface area contributed by atoms with Crippen molar-refractivity contribution >= 4 is 49.1 Å². The van der Waals surface area contributed by atoms with Crippen LogP contribution in [0.2, 0.25) is 5.15 Å². The number of rotatable bonds is 2. The van der Waals surface area contributed by atoms with Crippen molar-refractivity contribution in [3.05, 3.63) is 57.7 Å². The summed E-state index contributed by atoms with van der Waals surface area (Å²) in [6.45, 7) is 2.01. The van der Waals surface area contributed by atoms with Gasteiger partial charge >= 0.3 is 0 Å². The Kier molecular flexibility index (Phi) is 3.74. The minimum absolute atomic E-state index is 0.0994. The van der Waals surface area contributed by atoms with Gasteiger partial charge in [0, 0.05) is 14.1 Å². The molecule has 0 spiro atoms. The van der Waals surface area contributed by atoms with Crippen LogP contribution >= 0.6 is 22.9 Å². The van der Waals surface area contributed by atoms with Crippen LogP contribution in [0.1, 0.15) is 5.56 Å². The number of benzene rings is 1. The molecule has 3 heterocycles. The first-order chi connectivity index (χ1) is 12.0. The lowest BCUT2D eigenvalue weighted by Crippen LogP contribution is -2.17. The zero-order valence-electron chi connectivity index (χ0n) is 13.9. The van der Waals surface area contributed by atoms with Crippen LogP contribution in [0.15, 0.2) is 41.5 Å². The predicted molar refractivity (Wildman–Crippen MR) is 105 cm³/mol. The van der Waals surface area contributed by atoms with Gasteiger partial charge in [0.25, 0.3) is 5.56 Å². The average molecular weight is 371 g/mol. The molecule has 0 unspecified atom stereocenters. The number of aryl methyl sites for hydroxylation is 1. The van der Waals surface area contributed by atoms with E-state index in [-0.39, 0.29) is 5.56 Å². The van der Waals surface area contributed by atoms with Crippen LogP contribution in [0.25, 0.3) is 26.1 Å². The van der Waals surface area contributed by atoms with Gasteiger partial charge in [0.15, 0.2) is 0 Å². The first kappa shape index (κ1) is 16.1. The summed E-state index contributed by atoms with van der Waals surface area (Å²) >= 11 is 7.47. The standard InChI is InChI=1S/C18H15ClN4OS/c1-10-4-6-11(7-5-10)23-9-20-15-14-12(22(2)3)8-13(19)21-17(14)25-16(15)18(23)24/h4-9H,1-3H3. The molecule has 0 bridgehead atoms. The van der Waals surface area contributed by atoms with Crippen LogP contribution in [0.3, 0.4) is 0 Å². The molecule has 0 saturated heterocycles. The van der Waals surface area contributed by atoms with Gasteiger partial charge in [-0.15, -0.1) is 11.3 Å². The number of halogens is 1. The molecule has 0 aliphatic carbocycles. The largest absolute Gasteiger partial charge is 0.377 e. The molecule has 4 rings (SSSR count). The highest BCUT2D eigenvalue weighted by Gasteiger charge is 2.18. The second-order valence-corrected chi connectivity index (χ2v) is 7.46. The Hall–Kier alpha value is -2.44. The smallest absolute Gasteiger partial charge is 0.275 e. The molecule has 0 amide bonds. The van der Waals surface area contributed by atoms with Crippen molar-refractivity contribution in [2.75, 3.05) is 19.0 Å². The second kappa shape index (κ2) is 5.82. The number of aromatic nitrogens is 3. The van der Waals surface area contributed by atoms with Crippen LogP contribution in [-0.4, -0.2) is 28.6 Å². The van der Waals surface area contributed by atoms with Gasteiger partial charge in [-0.25, -0.2) is 9.97 Å². The van der Waals surface area contributed by atoms with Crippen molar-refractivity contribution in [2.45, 2.75) is 6.92 Å². The molecule has 7 heteroatoms. The number of hydrogen-bond acceptors (Lipinski definition) is 5. The number of fused-ring (bicyclic) bond motifs is 3. The fourth-order valence-electron chi connectivity index (χ4n) is 2.82. The third-order valence-corrected chi connectivity index (χ3v) is 5.35. The predicted octanol–water partition coefficient (Wildman–Crippen LogP) is 4.02. The van der Waals surface area contributed by atoms with Gasteiger partial charge in [0.05, 0.1) is 16.8 Å². The maximum absolute atomic E-state index is 13.0. The average Bonchev–Trinajstić information content (AvgIpc) is 2.94. The van der Waals surface area contributed by atoms with Gasteiger partial charge in [0.2, 0.25) is 0 Å². The summed E-state index contributed by atoms with van der Waals surface area (Å²) in [6.07, 6.45) is 1.58. The Bertz CT molecular complexity index is 1160. The van der Waals surface area contributed by atoms with E-state index in [1.165, 1.54) is 11.3 Å². The van der Waals surface area contributed by atoms with E-state index in [0.717, 1.165) is 27.2 Å². The Labute approximate surface area is 153 Å². The fraction of sp³-hybridized carbons (Fsp3) is 0.167. The first-order valence-electron chi connectivity index (χ1n) is 7.70. The number of anilines is 1. The van der Waals surface area contributed by atoms with Crippen molar-refractivity contribution in [3.63, 3.8) is 0 Å². The monoisotopic (exact) mass is 370 g/mol. The lowest BCUT2D eigenvalue weighted by atomic mass is 10.2. The molecule has 3 aromatic heterocycles. The van der Waals surface area contributed by atoms with Gasteiger partial charge in [-0.05, 0) is 25.1 Å². The van der Waals surface area contributed by atoms with Crippen molar-refractivity contribution in [3.8, 4) is 5.69 Å². The van der Waals surface area contributed by atoms with E-state index in [2.05, 4.69) is 9.97 Å². The molecule has 0 fully saturated rings. The van der Waals surface area contributed by atoms with E-state index in [1.807, 2.05) is 50.2 Å². The van der Waals surface area contributed by atoms with Crippen LogP contribution < -0.4 is 10.5 Å². The molecule has 4 aromatic rings. The lowest BCUT2D eigenvalue weighted by Gasteiger charge is -2.14. The summed E-state index contributed by atoms with van der Waals surface area (Å²) < 4.78 is 2.14. The molecular formula is C18H15ClN4OS. The Morgan fingerprint density at radius 3 is 2.60 bits per heavy atom. The van der Waals surface area contributed by atoms with Gasteiger partial charge in [-0.2, -0.15) is 0 Å². The topological polar surface area (TPSA) is 51.0 Å². The molecule has 0 saturated carbocycles. The van der Waals surface area contributed by atoms with E-state index in [9.17, 15) is 4.79 Å². The molecular weight excluding hydrogens is 356 g/mol. The first-order valence-corrected chi connectivity index (χ1v) is 8.90. The molecule has 126 valence electrons. The quantitative estimate of drug-likeness (QED) is 0.500. The third kappa shape index (κ3) is 2.58. The minimum atomic E-state index is -0.0994. The van der Waals surface area contributed by atoms with E-state index in [1.54, 1.807) is 17.0 Å². The van der Waals surface area contributed by atoms with Gasteiger partial charge in [0.1, 0.15) is 26.5 Å². The van der Waals surface area contributed by atoms with Crippen LogP contribution in [-0.2, 0) is 0 Å². The van der Waals surface area contributed by atoms with Gasteiger partial charge in [-0.3, -0.25) is 9.36 Å². The van der Waals surface area contributed by atoms with E-state index in [0.29, 0.717) is 15.4 Å². The summed E-state index contributed by atoms with van der Waals surface area (Å²) in [5.74, 6) is 0. The van der Waals surface area contributed by atoms with Crippen molar-refractivity contribution in [1.82, 2.24) is 14.5 Å². The zero-order chi connectivity index (χ0) is 17.7. The highest BCUT2D eigenvalue weighted by atomic mass is 35.5. The number of pyridine rings is 1. The fourth-order valence-corrected chi connectivity index (χ4v) is 4.14. The highest BCUT2D eigenvalue weighted by Crippen LogP contribution is 2.37. The molecule has 0 radical (unpaired) electrons. The zero-order valence-corrected chi connectivity index (χ0v) is 15.5. The summed E-state index contributed by atoms with van der Waals surface area (Å²) in [5.41, 5.74) is 3.41. The van der Waals surface area contributed by atoms with E-state index in [4.69, 9.17) is 11.6 Å². The summed E-state index contributed by atoms with van der Waals surface area (Å²) in [7, 11) is 3.87. The van der Waals surface area contributed by atoms with Crippen molar-refractivity contribution in [1.29, 1.82) is 0 Å². The third-order valence-electron chi connectivity index (χ3n) is 4.09. The lowest BCUT2D eigenvalue weighted by molar-refractivity contribution is 0.966. The number of hydrogen-bond donors (Lipinski definition) is 0. The Balaban J connectivity index is 2.05. The Morgan fingerprint density at radius 2 is 1.92 bits per heavy atom. The SMILES string of the molecule is Cc1ccc(-n2cnc3c(sc4nc(Cl)cc(N(C)C)c43)c2=O)cc1. The van der Waals surface area contributed by atoms with Gasteiger partial charge in [-0.1, -0.05) is 29.3 Å². The van der Waals surface area contributed by atoms with E-state index < -0.39 is 0 Å². The molecule has 0 atom stereocenters. The Morgan fingerprint density at radius 1 is 1.20 bits per heavy atom. The summed E-state index contributed by atoms with van der Waals surface area (Å²) in [5, 5.41) is 1.27. The maximum atomic E-state index is 13.0. The minimum Gasteiger partial charge on any atom is -0.377 e. The summed E-state index contributed by atoms with van der Waals surface area (Å²) in [6, 6.07) is 9.57. The summed E-state index contributed by atoms with van der Waals surface area (Å²) in [4.78, 5) is 24.6. The highest BCUT2D eigenvalue weighted by molar-refractivity contribution is 7.25. The van der Waals surface area contributed by atoms with E-state index >= 15 is 0 Å². The van der Waals surface area contributed by atoms with Crippen LogP contribution in [0, 0.1) is 6.92 Å². The normalized spacial score (nSPS) is 11.4. The maximum Gasteiger partial charge on any atom is 0.275 e. The molecule has 25 heavy (non-hydrogen) atoms. The van der Waals surface area contributed by atoms with Gasteiger partial charge < -0.3 is 4.90 Å². The second-order valence-electron chi connectivity index (χ2n) is 6.07. The van der Waals surface area contributed by atoms with Crippen LogP contribution in [0.4, 0.5) is 5.69 Å². The van der Waals surface area contributed by atoms with Crippen molar-refractivity contribution in [2.24, 2.45) is 0 Å².